The van der Waals surface area contributed by atoms with E-state index in [1.165, 1.54) is 24.3 Å². The fraction of sp³-hybridized carbons (Fsp3) is 0.214. The SMILES string of the molecule is CCOC(=O)c1c(C)[nH]c(-c2ccc(F)cc2)c1O. The number of esters is 1. The first-order valence-electron chi connectivity index (χ1n) is 5.89. The Morgan fingerprint density at radius 1 is 1.37 bits per heavy atom. The van der Waals surface area contributed by atoms with E-state index in [-0.39, 0.29) is 23.7 Å². The Kier molecular flexibility index (Phi) is 3.55. The van der Waals surface area contributed by atoms with Crippen LogP contribution in [0.15, 0.2) is 24.3 Å². The lowest BCUT2D eigenvalue weighted by Crippen LogP contribution is -2.05. The maximum absolute atomic E-state index is 12.9. The summed E-state index contributed by atoms with van der Waals surface area (Å²) in [6.45, 7) is 3.59. The van der Waals surface area contributed by atoms with Gasteiger partial charge in [0, 0.05) is 11.3 Å². The second-order valence-electron chi connectivity index (χ2n) is 4.08. The molecule has 1 aromatic heterocycles. The maximum Gasteiger partial charge on any atom is 0.343 e. The van der Waals surface area contributed by atoms with Crippen molar-refractivity contribution in [3.05, 3.63) is 41.3 Å². The molecule has 0 aliphatic heterocycles. The number of benzene rings is 1. The molecular weight excluding hydrogens is 249 g/mol. The summed E-state index contributed by atoms with van der Waals surface area (Å²) in [6, 6.07) is 5.62. The lowest BCUT2D eigenvalue weighted by Gasteiger charge is -2.02. The van der Waals surface area contributed by atoms with Gasteiger partial charge in [-0.1, -0.05) is 0 Å². The van der Waals surface area contributed by atoms with Crippen molar-refractivity contribution in [3.63, 3.8) is 0 Å². The van der Waals surface area contributed by atoms with E-state index >= 15 is 0 Å². The molecule has 19 heavy (non-hydrogen) atoms. The Morgan fingerprint density at radius 3 is 2.58 bits per heavy atom. The van der Waals surface area contributed by atoms with Crippen molar-refractivity contribution >= 4 is 5.97 Å². The number of rotatable bonds is 3. The minimum absolute atomic E-state index is 0.112. The van der Waals surface area contributed by atoms with Crippen LogP contribution in [-0.4, -0.2) is 22.7 Å². The normalized spacial score (nSPS) is 10.5. The van der Waals surface area contributed by atoms with Crippen LogP contribution in [0.2, 0.25) is 0 Å². The molecule has 100 valence electrons. The fourth-order valence-electron chi connectivity index (χ4n) is 1.89. The average molecular weight is 263 g/mol. The highest BCUT2D eigenvalue weighted by Gasteiger charge is 2.22. The van der Waals surface area contributed by atoms with Gasteiger partial charge in [0.25, 0.3) is 0 Å². The molecule has 0 aliphatic rings. The highest BCUT2D eigenvalue weighted by atomic mass is 19.1. The van der Waals surface area contributed by atoms with Crippen LogP contribution in [0.25, 0.3) is 11.3 Å². The molecule has 0 radical (unpaired) electrons. The van der Waals surface area contributed by atoms with E-state index in [9.17, 15) is 14.3 Å². The van der Waals surface area contributed by atoms with E-state index in [0.29, 0.717) is 17.0 Å². The predicted molar refractivity (Wildman–Crippen MR) is 68.5 cm³/mol. The Hall–Kier alpha value is -2.30. The molecule has 4 nitrogen and oxygen atoms in total. The van der Waals surface area contributed by atoms with Crippen LogP contribution in [0.3, 0.4) is 0 Å². The molecule has 0 unspecified atom stereocenters. The molecule has 0 saturated heterocycles. The first kappa shape index (κ1) is 13.1. The predicted octanol–water partition coefficient (Wildman–Crippen LogP) is 3.01. The zero-order valence-corrected chi connectivity index (χ0v) is 10.7. The molecule has 2 N–H and O–H groups in total. The molecule has 0 bridgehead atoms. The van der Waals surface area contributed by atoms with Gasteiger partial charge in [-0.2, -0.15) is 0 Å². The number of hydrogen-bond donors (Lipinski definition) is 2. The first-order chi connectivity index (χ1) is 9.04. The number of carbonyl (C=O) groups excluding carboxylic acids is 1. The van der Waals surface area contributed by atoms with Crippen LogP contribution in [0.5, 0.6) is 5.75 Å². The molecule has 2 rings (SSSR count). The second-order valence-corrected chi connectivity index (χ2v) is 4.08. The third-order valence-electron chi connectivity index (χ3n) is 2.77. The minimum Gasteiger partial charge on any atom is -0.505 e. The number of hydrogen-bond acceptors (Lipinski definition) is 3. The third-order valence-corrected chi connectivity index (χ3v) is 2.77. The molecular formula is C14H14FNO3. The number of halogens is 1. The largest absolute Gasteiger partial charge is 0.505 e. The standard InChI is InChI=1S/C14H14FNO3/c1-3-19-14(18)11-8(2)16-12(13(11)17)9-4-6-10(15)7-5-9/h4-7,16-17H,3H2,1-2H3. The molecule has 0 fully saturated rings. The van der Waals surface area contributed by atoms with Crippen molar-refractivity contribution in [2.75, 3.05) is 6.61 Å². The highest BCUT2D eigenvalue weighted by Crippen LogP contribution is 2.34. The van der Waals surface area contributed by atoms with Crippen molar-refractivity contribution < 1.29 is 19.0 Å². The van der Waals surface area contributed by atoms with Gasteiger partial charge in [0.15, 0.2) is 5.75 Å². The van der Waals surface area contributed by atoms with Crippen molar-refractivity contribution in [2.24, 2.45) is 0 Å². The van der Waals surface area contributed by atoms with Gasteiger partial charge in [0.1, 0.15) is 11.4 Å². The first-order valence-corrected chi connectivity index (χ1v) is 5.89. The quantitative estimate of drug-likeness (QED) is 0.837. The van der Waals surface area contributed by atoms with Gasteiger partial charge >= 0.3 is 5.97 Å². The summed E-state index contributed by atoms with van der Waals surface area (Å²) in [5.74, 6) is -1.12. The van der Waals surface area contributed by atoms with E-state index in [1.54, 1.807) is 13.8 Å². The van der Waals surface area contributed by atoms with Gasteiger partial charge in [-0.15, -0.1) is 0 Å². The Balaban J connectivity index is 2.46. The Labute approximate surface area is 109 Å². The highest BCUT2D eigenvalue weighted by molar-refractivity contribution is 5.96. The van der Waals surface area contributed by atoms with E-state index in [2.05, 4.69) is 4.98 Å². The van der Waals surface area contributed by atoms with E-state index in [4.69, 9.17) is 4.74 Å². The number of ether oxygens (including phenoxy) is 1. The number of H-pyrrole nitrogens is 1. The van der Waals surface area contributed by atoms with Crippen LogP contribution < -0.4 is 0 Å². The smallest absolute Gasteiger partial charge is 0.343 e. The van der Waals surface area contributed by atoms with Crippen molar-refractivity contribution in [1.29, 1.82) is 0 Å². The summed E-state index contributed by atoms with van der Waals surface area (Å²) in [5, 5.41) is 10.1. The van der Waals surface area contributed by atoms with Crippen LogP contribution in [0.4, 0.5) is 4.39 Å². The van der Waals surface area contributed by atoms with E-state index < -0.39 is 5.97 Å². The Bertz CT molecular complexity index is 602. The molecule has 5 heteroatoms. The summed E-state index contributed by atoms with van der Waals surface area (Å²) >= 11 is 0. The number of aryl methyl sites for hydroxylation is 1. The van der Waals surface area contributed by atoms with Gasteiger partial charge in [-0.25, -0.2) is 9.18 Å². The van der Waals surface area contributed by atoms with Gasteiger partial charge in [0.05, 0.1) is 12.3 Å². The lowest BCUT2D eigenvalue weighted by molar-refractivity contribution is 0.0522. The molecule has 1 aromatic carbocycles. The average Bonchev–Trinajstić information content (AvgIpc) is 2.66. The number of aromatic nitrogens is 1. The van der Waals surface area contributed by atoms with Crippen LogP contribution in [0.1, 0.15) is 23.0 Å². The molecule has 2 aromatic rings. The van der Waals surface area contributed by atoms with E-state index in [1.807, 2.05) is 0 Å². The van der Waals surface area contributed by atoms with Gasteiger partial charge in [-0.3, -0.25) is 0 Å². The van der Waals surface area contributed by atoms with Crippen LogP contribution in [0, 0.1) is 12.7 Å². The zero-order chi connectivity index (χ0) is 14.0. The molecule has 1 heterocycles. The van der Waals surface area contributed by atoms with Crippen LogP contribution in [-0.2, 0) is 4.74 Å². The van der Waals surface area contributed by atoms with Gasteiger partial charge in [0.2, 0.25) is 0 Å². The number of aromatic hydroxyl groups is 1. The summed E-state index contributed by atoms with van der Waals surface area (Å²) in [6.07, 6.45) is 0. The summed E-state index contributed by atoms with van der Waals surface area (Å²) in [4.78, 5) is 14.6. The number of aromatic amines is 1. The molecule has 0 amide bonds. The third kappa shape index (κ3) is 2.45. The van der Waals surface area contributed by atoms with E-state index in [0.717, 1.165) is 0 Å². The molecule has 0 atom stereocenters. The van der Waals surface area contributed by atoms with Gasteiger partial charge in [-0.05, 0) is 38.1 Å². The van der Waals surface area contributed by atoms with Crippen LogP contribution >= 0.6 is 0 Å². The molecule has 0 aliphatic carbocycles. The fourth-order valence-corrected chi connectivity index (χ4v) is 1.89. The van der Waals surface area contributed by atoms with Crippen molar-refractivity contribution in [2.45, 2.75) is 13.8 Å². The summed E-state index contributed by atoms with van der Waals surface area (Å²) in [7, 11) is 0. The topological polar surface area (TPSA) is 62.3 Å². The number of carbonyl (C=O) groups is 1. The molecule has 0 saturated carbocycles. The second kappa shape index (κ2) is 5.14. The maximum atomic E-state index is 12.9. The van der Waals surface area contributed by atoms with Crippen molar-refractivity contribution in [1.82, 2.24) is 4.98 Å². The summed E-state index contributed by atoms with van der Waals surface area (Å²) in [5.41, 5.74) is 1.59. The minimum atomic E-state index is -0.581. The van der Waals surface area contributed by atoms with Crippen molar-refractivity contribution in [3.8, 4) is 17.0 Å². The Morgan fingerprint density at radius 2 is 2.00 bits per heavy atom. The summed E-state index contributed by atoms with van der Waals surface area (Å²) < 4.78 is 17.7. The van der Waals surface area contributed by atoms with Gasteiger partial charge < -0.3 is 14.8 Å². The monoisotopic (exact) mass is 263 g/mol. The zero-order valence-electron chi connectivity index (χ0n) is 10.7. The number of nitrogens with one attached hydrogen (secondary N) is 1. The lowest BCUT2D eigenvalue weighted by atomic mass is 10.1. The molecule has 0 spiro atoms.